The molecular weight excluding hydrogens is 276 g/mol. The molecule has 0 saturated carbocycles. The van der Waals surface area contributed by atoms with E-state index in [0.717, 1.165) is 30.4 Å². The summed E-state index contributed by atoms with van der Waals surface area (Å²) >= 11 is 7.54. The van der Waals surface area contributed by atoms with Gasteiger partial charge in [-0.05, 0) is 37.2 Å². The molecule has 1 heterocycles. The van der Waals surface area contributed by atoms with Gasteiger partial charge in [-0.1, -0.05) is 29.8 Å². The van der Waals surface area contributed by atoms with Crippen molar-refractivity contribution in [3.63, 3.8) is 0 Å². The topological polar surface area (TPSA) is 15.3 Å². The molecule has 0 unspecified atom stereocenters. The summed E-state index contributed by atoms with van der Waals surface area (Å²) in [4.78, 5) is 3.57. The van der Waals surface area contributed by atoms with E-state index in [9.17, 15) is 0 Å². The van der Waals surface area contributed by atoms with Crippen LogP contribution in [-0.4, -0.2) is 20.1 Å². The van der Waals surface area contributed by atoms with Gasteiger partial charge < -0.3 is 10.2 Å². The zero-order valence-electron chi connectivity index (χ0n) is 11.1. The molecule has 0 amide bonds. The normalized spacial score (nSPS) is 10.6. The van der Waals surface area contributed by atoms with Crippen molar-refractivity contribution in [2.75, 3.05) is 25.0 Å². The molecule has 1 aromatic carbocycles. The summed E-state index contributed by atoms with van der Waals surface area (Å²) in [6, 6.07) is 14.5. The highest BCUT2D eigenvalue weighted by molar-refractivity contribution is 7.16. The summed E-state index contributed by atoms with van der Waals surface area (Å²) in [5, 5.41) is 3.45. The highest BCUT2D eigenvalue weighted by atomic mass is 35.5. The summed E-state index contributed by atoms with van der Waals surface area (Å²) in [6.07, 6.45) is 1.13. The average Bonchev–Trinajstić information content (AvgIpc) is 2.85. The summed E-state index contributed by atoms with van der Waals surface area (Å²) < 4.78 is 0.862. The fourth-order valence-electron chi connectivity index (χ4n) is 1.91. The van der Waals surface area contributed by atoms with Crippen LogP contribution in [0.1, 0.15) is 11.3 Å². The van der Waals surface area contributed by atoms with Crippen LogP contribution in [0.5, 0.6) is 0 Å². The molecule has 102 valence electrons. The lowest BCUT2D eigenvalue weighted by Crippen LogP contribution is -2.23. The molecule has 1 aromatic heterocycles. The molecule has 0 aliphatic heterocycles. The van der Waals surface area contributed by atoms with Gasteiger partial charge in [-0.15, -0.1) is 11.3 Å². The molecule has 0 aliphatic rings. The van der Waals surface area contributed by atoms with Crippen molar-refractivity contribution in [3.8, 4) is 0 Å². The first-order valence-corrected chi connectivity index (χ1v) is 7.66. The van der Waals surface area contributed by atoms with Crippen LogP contribution < -0.4 is 10.2 Å². The molecule has 4 heteroatoms. The summed E-state index contributed by atoms with van der Waals surface area (Å²) in [5.41, 5.74) is 1.27. The van der Waals surface area contributed by atoms with Crippen LogP contribution >= 0.6 is 22.9 Å². The quantitative estimate of drug-likeness (QED) is 0.776. The van der Waals surface area contributed by atoms with E-state index >= 15 is 0 Å². The van der Waals surface area contributed by atoms with E-state index in [4.69, 9.17) is 11.6 Å². The van der Waals surface area contributed by atoms with Crippen molar-refractivity contribution in [2.24, 2.45) is 0 Å². The minimum atomic E-state index is 0.862. The third-order valence-corrected chi connectivity index (χ3v) is 4.20. The molecule has 2 nitrogen and oxygen atoms in total. The molecule has 0 aliphatic carbocycles. The van der Waals surface area contributed by atoms with Crippen molar-refractivity contribution >= 4 is 28.6 Å². The van der Waals surface area contributed by atoms with Crippen molar-refractivity contribution in [3.05, 3.63) is 51.7 Å². The first-order valence-electron chi connectivity index (χ1n) is 6.47. The standard InChI is InChI=1S/C15H19ClN2S/c1-18(13-6-3-2-4-7-13)11-5-10-17-12-14-8-9-15(16)19-14/h2-4,6-9,17H,5,10-12H2,1H3. The number of anilines is 1. The molecule has 2 rings (SSSR count). The predicted molar refractivity (Wildman–Crippen MR) is 85.4 cm³/mol. The third kappa shape index (κ3) is 4.86. The van der Waals surface area contributed by atoms with E-state index < -0.39 is 0 Å². The molecule has 1 N–H and O–H groups in total. The van der Waals surface area contributed by atoms with Crippen molar-refractivity contribution in [1.82, 2.24) is 5.32 Å². The summed E-state index contributed by atoms with van der Waals surface area (Å²) in [5.74, 6) is 0. The van der Waals surface area contributed by atoms with E-state index in [1.54, 1.807) is 11.3 Å². The Morgan fingerprint density at radius 1 is 1.16 bits per heavy atom. The first kappa shape index (κ1) is 14.4. The Labute approximate surface area is 124 Å². The Morgan fingerprint density at radius 2 is 1.95 bits per heavy atom. The number of rotatable bonds is 7. The molecule has 0 bridgehead atoms. The number of hydrogen-bond donors (Lipinski definition) is 1. The SMILES string of the molecule is CN(CCCNCc1ccc(Cl)s1)c1ccccc1. The van der Waals surface area contributed by atoms with E-state index in [1.807, 2.05) is 12.1 Å². The summed E-state index contributed by atoms with van der Waals surface area (Å²) in [6.45, 7) is 2.99. The van der Waals surface area contributed by atoms with Gasteiger partial charge in [0.1, 0.15) is 0 Å². The molecule has 2 aromatic rings. The minimum Gasteiger partial charge on any atom is -0.375 e. The molecule has 0 spiro atoms. The van der Waals surface area contributed by atoms with Gasteiger partial charge in [-0.25, -0.2) is 0 Å². The van der Waals surface area contributed by atoms with Crippen LogP contribution in [-0.2, 0) is 6.54 Å². The fourth-order valence-corrected chi connectivity index (χ4v) is 2.97. The second kappa shape index (κ2) is 7.53. The lowest BCUT2D eigenvalue weighted by molar-refractivity contribution is 0.650. The van der Waals surface area contributed by atoms with Gasteiger partial charge in [-0.2, -0.15) is 0 Å². The van der Waals surface area contributed by atoms with Crippen molar-refractivity contribution in [1.29, 1.82) is 0 Å². The maximum Gasteiger partial charge on any atom is 0.0931 e. The van der Waals surface area contributed by atoms with Gasteiger partial charge in [-0.3, -0.25) is 0 Å². The van der Waals surface area contributed by atoms with Crippen molar-refractivity contribution < 1.29 is 0 Å². The number of benzene rings is 1. The lowest BCUT2D eigenvalue weighted by atomic mass is 10.3. The second-order valence-electron chi connectivity index (χ2n) is 4.49. The van der Waals surface area contributed by atoms with E-state index in [1.165, 1.54) is 10.6 Å². The summed E-state index contributed by atoms with van der Waals surface area (Å²) in [7, 11) is 2.13. The fraction of sp³-hybridized carbons (Fsp3) is 0.333. The van der Waals surface area contributed by atoms with Crippen molar-refractivity contribution in [2.45, 2.75) is 13.0 Å². The Kier molecular flexibility index (Phi) is 5.70. The first-order chi connectivity index (χ1) is 9.25. The van der Waals surface area contributed by atoms with Crippen LogP contribution in [0.3, 0.4) is 0 Å². The predicted octanol–water partition coefficient (Wildman–Crippen LogP) is 4.02. The number of thiophene rings is 1. The number of para-hydroxylation sites is 1. The van der Waals surface area contributed by atoms with E-state index in [2.05, 4.69) is 47.6 Å². The highest BCUT2D eigenvalue weighted by Gasteiger charge is 2.00. The van der Waals surface area contributed by atoms with Crippen LogP contribution in [0.15, 0.2) is 42.5 Å². The van der Waals surface area contributed by atoms with E-state index in [0.29, 0.717) is 0 Å². The van der Waals surface area contributed by atoms with Gasteiger partial charge in [0.2, 0.25) is 0 Å². The smallest absolute Gasteiger partial charge is 0.0931 e. The maximum absolute atomic E-state index is 5.89. The monoisotopic (exact) mass is 294 g/mol. The molecule has 0 atom stereocenters. The van der Waals surface area contributed by atoms with Crippen LogP contribution in [0.2, 0.25) is 4.34 Å². The molecule has 19 heavy (non-hydrogen) atoms. The number of nitrogens with one attached hydrogen (secondary N) is 1. The van der Waals surface area contributed by atoms with Gasteiger partial charge >= 0.3 is 0 Å². The largest absolute Gasteiger partial charge is 0.375 e. The van der Waals surface area contributed by atoms with Gasteiger partial charge in [0.15, 0.2) is 0 Å². The van der Waals surface area contributed by atoms with E-state index in [-0.39, 0.29) is 0 Å². The number of nitrogens with zero attached hydrogens (tertiary/aromatic N) is 1. The molecular formula is C15H19ClN2S. The zero-order valence-corrected chi connectivity index (χ0v) is 12.7. The Hall–Kier alpha value is -1.03. The lowest BCUT2D eigenvalue weighted by Gasteiger charge is -2.19. The van der Waals surface area contributed by atoms with Gasteiger partial charge in [0, 0.05) is 30.7 Å². The van der Waals surface area contributed by atoms with Crippen LogP contribution in [0, 0.1) is 0 Å². The molecule has 0 saturated heterocycles. The average molecular weight is 295 g/mol. The number of hydrogen-bond acceptors (Lipinski definition) is 3. The third-order valence-electron chi connectivity index (χ3n) is 2.97. The Bertz CT molecular complexity index is 484. The minimum absolute atomic E-state index is 0.862. The second-order valence-corrected chi connectivity index (χ2v) is 6.29. The molecule has 0 radical (unpaired) electrons. The zero-order chi connectivity index (χ0) is 13.5. The van der Waals surface area contributed by atoms with Crippen LogP contribution in [0.25, 0.3) is 0 Å². The number of halogens is 1. The van der Waals surface area contributed by atoms with Gasteiger partial charge in [0.05, 0.1) is 4.34 Å². The highest BCUT2D eigenvalue weighted by Crippen LogP contribution is 2.20. The molecule has 0 fully saturated rings. The maximum atomic E-state index is 5.89. The Balaban J connectivity index is 1.62. The van der Waals surface area contributed by atoms with Gasteiger partial charge in [0.25, 0.3) is 0 Å². The Morgan fingerprint density at radius 3 is 2.63 bits per heavy atom. The van der Waals surface area contributed by atoms with Crippen LogP contribution in [0.4, 0.5) is 5.69 Å².